The summed E-state index contributed by atoms with van der Waals surface area (Å²) in [6.07, 6.45) is 4.88. The van der Waals surface area contributed by atoms with E-state index in [4.69, 9.17) is 5.73 Å². The Balaban J connectivity index is 2.20. The number of anilines is 1. The highest BCUT2D eigenvalue weighted by molar-refractivity contribution is 5.62. The molecule has 0 amide bonds. The highest BCUT2D eigenvalue weighted by atomic mass is 14.9. The molecule has 2 rings (SSSR count). The lowest BCUT2D eigenvalue weighted by molar-refractivity contribution is 0.332. The average Bonchev–Trinajstić information content (AvgIpc) is 2.41. The third-order valence-corrected chi connectivity index (χ3v) is 3.93. The van der Waals surface area contributed by atoms with Crippen LogP contribution in [0.4, 0.5) is 5.69 Å². The van der Waals surface area contributed by atoms with Gasteiger partial charge in [0.15, 0.2) is 0 Å². The van der Waals surface area contributed by atoms with E-state index < -0.39 is 0 Å². The quantitative estimate of drug-likeness (QED) is 0.858. The van der Waals surface area contributed by atoms with Gasteiger partial charge < -0.3 is 11.1 Å². The second-order valence-electron chi connectivity index (χ2n) is 5.14. The molecule has 2 atom stereocenters. The Bertz CT molecular complexity index is 448. The first-order chi connectivity index (χ1) is 8.76. The number of para-hydroxylation sites is 1. The number of nitrogens with zero attached hydrogens (tertiary/aromatic N) is 1. The molecule has 1 fully saturated rings. The summed E-state index contributed by atoms with van der Waals surface area (Å²) in [5.41, 5.74) is 8.71. The lowest BCUT2D eigenvalue weighted by atomic mass is 9.84. The molecule has 3 N–H and O–H groups in total. The summed E-state index contributed by atoms with van der Waals surface area (Å²) >= 11 is 0. The molecule has 0 spiro atoms. The minimum Gasteiger partial charge on any atom is -0.381 e. The zero-order valence-corrected chi connectivity index (χ0v) is 10.9. The van der Waals surface area contributed by atoms with Gasteiger partial charge in [0.05, 0.1) is 11.3 Å². The summed E-state index contributed by atoms with van der Waals surface area (Å²) in [7, 11) is 0. The first-order valence-electron chi connectivity index (χ1n) is 6.72. The van der Waals surface area contributed by atoms with E-state index in [0.29, 0.717) is 12.0 Å². The van der Waals surface area contributed by atoms with Crippen LogP contribution in [0, 0.1) is 24.2 Å². The normalized spacial score (nSPS) is 23.4. The maximum absolute atomic E-state index is 9.18. The Labute approximate surface area is 109 Å². The van der Waals surface area contributed by atoms with E-state index in [0.717, 1.165) is 29.8 Å². The van der Waals surface area contributed by atoms with E-state index in [2.05, 4.69) is 11.4 Å². The molecule has 1 aromatic rings. The lowest BCUT2D eigenvalue weighted by Gasteiger charge is -2.32. The number of hydrogen-bond donors (Lipinski definition) is 2. The number of aryl methyl sites for hydroxylation is 1. The van der Waals surface area contributed by atoms with Crippen LogP contribution in [0.1, 0.15) is 36.8 Å². The zero-order valence-electron chi connectivity index (χ0n) is 10.9. The molecule has 96 valence electrons. The highest BCUT2D eigenvalue weighted by Crippen LogP contribution is 2.29. The minimum atomic E-state index is 0.414. The van der Waals surface area contributed by atoms with E-state index >= 15 is 0 Å². The van der Waals surface area contributed by atoms with Crippen LogP contribution in [-0.2, 0) is 0 Å². The molecule has 2 unspecified atom stereocenters. The largest absolute Gasteiger partial charge is 0.381 e. The Hall–Kier alpha value is -1.53. The van der Waals surface area contributed by atoms with E-state index in [9.17, 15) is 5.26 Å². The molecule has 0 aliphatic heterocycles. The summed E-state index contributed by atoms with van der Waals surface area (Å²) < 4.78 is 0. The molecular formula is C15H21N3. The van der Waals surface area contributed by atoms with Crippen LogP contribution in [0.2, 0.25) is 0 Å². The van der Waals surface area contributed by atoms with Gasteiger partial charge in [0.25, 0.3) is 0 Å². The van der Waals surface area contributed by atoms with Crippen molar-refractivity contribution in [3.05, 3.63) is 29.3 Å². The van der Waals surface area contributed by atoms with E-state index in [-0.39, 0.29) is 0 Å². The first kappa shape index (κ1) is 12.9. The van der Waals surface area contributed by atoms with Crippen molar-refractivity contribution in [2.45, 2.75) is 38.6 Å². The summed E-state index contributed by atoms with van der Waals surface area (Å²) in [4.78, 5) is 0. The van der Waals surface area contributed by atoms with Gasteiger partial charge in [-0.15, -0.1) is 0 Å². The predicted octanol–water partition coefficient (Wildman–Crippen LogP) is 2.80. The monoisotopic (exact) mass is 243 g/mol. The third kappa shape index (κ3) is 2.65. The zero-order chi connectivity index (χ0) is 13.0. The van der Waals surface area contributed by atoms with E-state index in [1.165, 1.54) is 19.3 Å². The van der Waals surface area contributed by atoms with Crippen molar-refractivity contribution >= 4 is 5.69 Å². The van der Waals surface area contributed by atoms with Crippen molar-refractivity contribution in [3.8, 4) is 6.07 Å². The maximum Gasteiger partial charge on any atom is 0.101 e. The molecule has 1 aliphatic carbocycles. The van der Waals surface area contributed by atoms with Gasteiger partial charge in [-0.25, -0.2) is 0 Å². The molecule has 1 saturated carbocycles. The van der Waals surface area contributed by atoms with Crippen LogP contribution in [0.5, 0.6) is 0 Å². The van der Waals surface area contributed by atoms with Gasteiger partial charge in [-0.3, -0.25) is 0 Å². The maximum atomic E-state index is 9.18. The summed E-state index contributed by atoms with van der Waals surface area (Å²) in [6, 6.07) is 8.53. The van der Waals surface area contributed by atoms with Crippen molar-refractivity contribution in [1.82, 2.24) is 0 Å². The molecule has 0 saturated heterocycles. The molecular weight excluding hydrogens is 222 g/mol. The third-order valence-electron chi connectivity index (χ3n) is 3.93. The van der Waals surface area contributed by atoms with Crippen LogP contribution in [0.25, 0.3) is 0 Å². The molecule has 18 heavy (non-hydrogen) atoms. The number of nitrogens with two attached hydrogens (primary N) is 1. The van der Waals surface area contributed by atoms with Gasteiger partial charge in [-0.1, -0.05) is 25.0 Å². The molecule has 1 aromatic carbocycles. The molecule has 0 radical (unpaired) electrons. The van der Waals surface area contributed by atoms with Gasteiger partial charge in [-0.05, 0) is 43.9 Å². The van der Waals surface area contributed by atoms with Crippen LogP contribution in [0.15, 0.2) is 18.2 Å². The van der Waals surface area contributed by atoms with Gasteiger partial charge in [0, 0.05) is 6.04 Å². The standard InChI is InChI=1S/C15H21N3/c1-11-5-4-7-13(10-17)15(11)18-14-8-3-2-6-12(14)9-16/h4-5,7,12,14,18H,2-3,6,8-9,16H2,1H3. The minimum absolute atomic E-state index is 0.414. The van der Waals surface area contributed by atoms with E-state index in [1.54, 1.807) is 0 Å². The molecule has 3 nitrogen and oxygen atoms in total. The fraction of sp³-hybridized carbons (Fsp3) is 0.533. The second-order valence-corrected chi connectivity index (χ2v) is 5.14. The fourth-order valence-electron chi connectivity index (χ4n) is 2.82. The van der Waals surface area contributed by atoms with Crippen molar-refractivity contribution in [3.63, 3.8) is 0 Å². The van der Waals surface area contributed by atoms with Gasteiger partial charge in [0.2, 0.25) is 0 Å². The average molecular weight is 243 g/mol. The van der Waals surface area contributed by atoms with Crippen molar-refractivity contribution in [2.75, 3.05) is 11.9 Å². The number of rotatable bonds is 3. The van der Waals surface area contributed by atoms with Crippen LogP contribution in [0.3, 0.4) is 0 Å². The first-order valence-corrected chi connectivity index (χ1v) is 6.72. The van der Waals surface area contributed by atoms with E-state index in [1.807, 2.05) is 25.1 Å². The topological polar surface area (TPSA) is 61.8 Å². The summed E-state index contributed by atoms with van der Waals surface area (Å²) in [5, 5.41) is 12.7. The van der Waals surface area contributed by atoms with Gasteiger partial charge in [-0.2, -0.15) is 5.26 Å². The van der Waals surface area contributed by atoms with Crippen LogP contribution < -0.4 is 11.1 Å². The number of hydrogen-bond acceptors (Lipinski definition) is 3. The van der Waals surface area contributed by atoms with Crippen molar-refractivity contribution in [2.24, 2.45) is 11.7 Å². The fourth-order valence-corrected chi connectivity index (χ4v) is 2.82. The number of benzene rings is 1. The Morgan fingerprint density at radius 3 is 2.89 bits per heavy atom. The number of nitrogens with one attached hydrogen (secondary N) is 1. The second kappa shape index (κ2) is 5.88. The summed E-state index contributed by atoms with van der Waals surface area (Å²) in [5.74, 6) is 0.532. The Morgan fingerprint density at radius 2 is 2.17 bits per heavy atom. The van der Waals surface area contributed by atoms with Gasteiger partial charge >= 0.3 is 0 Å². The lowest BCUT2D eigenvalue weighted by Crippen LogP contribution is -2.37. The summed E-state index contributed by atoms with van der Waals surface area (Å²) in [6.45, 7) is 2.77. The highest BCUT2D eigenvalue weighted by Gasteiger charge is 2.24. The molecule has 1 aliphatic rings. The van der Waals surface area contributed by atoms with Crippen LogP contribution >= 0.6 is 0 Å². The Kier molecular flexibility index (Phi) is 4.22. The van der Waals surface area contributed by atoms with Gasteiger partial charge in [0.1, 0.15) is 6.07 Å². The van der Waals surface area contributed by atoms with Crippen LogP contribution in [-0.4, -0.2) is 12.6 Å². The van der Waals surface area contributed by atoms with Crippen molar-refractivity contribution < 1.29 is 0 Å². The smallest absolute Gasteiger partial charge is 0.101 e. The molecule has 0 bridgehead atoms. The molecule has 0 aromatic heterocycles. The Morgan fingerprint density at radius 1 is 1.39 bits per heavy atom. The SMILES string of the molecule is Cc1cccc(C#N)c1NC1CCCCC1CN. The molecule has 0 heterocycles. The number of nitriles is 1. The predicted molar refractivity (Wildman–Crippen MR) is 74.3 cm³/mol. The molecule has 3 heteroatoms. The van der Waals surface area contributed by atoms with Crippen molar-refractivity contribution in [1.29, 1.82) is 5.26 Å².